The van der Waals surface area contributed by atoms with Gasteiger partial charge in [0.15, 0.2) is 5.96 Å². The van der Waals surface area contributed by atoms with Crippen LogP contribution in [0.2, 0.25) is 0 Å². The molecule has 6 nitrogen and oxygen atoms in total. The molecule has 0 fully saturated rings. The molecule has 0 atom stereocenters. The monoisotopic (exact) mass is 434 g/mol. The van der Waals surface area contributed by atoms with E-state index in [1.165, 1.54) is 4.31 Å². The van der Waals surface area contributed by atoms with E-state index in [0.29, 0.717) is 31.5 Å². The number of nitrogens with one attached hydrogen (secondary N) is 2. The van der Waals surface area contributed by atoms with Gasteiger partial charge in [0.1, 0.15) is 0 Å². The standard InChI is InChI=1S/C13H30N4O2S.HI/c1-6-17(7-2)20(18,19)11-10-16-13(14-5)15-9-8-12(3)4;/h12H,6-11H2,1-5H3,(H2,14,15,16);1H. The summed E-state index contributed by atoms with van der Waals surface area (Å²) >= 11 is 0. The van der Waals surface area contributed by atoms with Crippen LogP contribution in [0.15, 0.2) is 4.99 Å². The van der Waals surface area contributed by atoms with Gasteiger partial charge in [0.05, 0.1) is 5.75 Å². The molecule has 0 saturated carbocycles. The van der Waals surface area contributed by atoms with Crippen LogP contribution in [0.1, 0.15) is 34.1 Å². The van der Waals surface area contributed by atoms with E-state index in [1.807, 2.05) is 13.8 Å². The van der Waals surface area contributed by atoms with E-state index in [9.17, 15) is 8.42 Å². The third-order valence-corrected chi connectivity index (χ3v) is 5.01. The van der Waals surface area contributed by atoms with Crippen molar-refractivity contribution < 1.29 is 8.42 Å². The lowest BCUT2D eigenvalue weighted by molar-refractivity contribution is 0.445. The van der Waals surface area contributed by atoms with Crippen LogP contribution in [0.3, 0.4) is 0 Å². The fraction of sp³-hybridized carbons (Fsp3) is 0.923. The van der Waals surface area contributed by atoms with Gasteiger partial charge in [-0.05, 0) is 12.3 Å². The Bertz CT molecular complexity index is 382. The summed E-state index contributed by atoms with van der Waals surface area (Å²) in [4.78, 5) is 4.08. The molecule has 0 spiro atoms. The molecule has 0 heterocycles. The third kappa shape index (κ3) is 10.3. The summed E-state index contributed by atoms with van der Waals surface area (Å²) in [7, 11) is -1.49. The molecule has 0 aromatic carbocycles. The quantitative estimate of drug-likeness (QED) is 0.328. The minimum Gasteiger partial charge on any atom is -0.356 e. The molecule has 2 N–H and O–H groups in total. The van der Waals surface area contributed by atoms with Crippen molar-refractivity contribution in [1.29, 1.82) is 0 Å². The van der Waals surface area contributed by atoms with E-state index < -0.39 is 10.0 Å². The predicted molar refractivity (Wildman–Crippen MR) is 101 cm³/mol. The lowest BCUT2D eigenvalue weighted by Crippen LogP contribution is -2.42. The van der Waals surface area contributed by atoms with Crippen LogP contribution in [0, 0.1) is 5.92 Å². The number of guanidine groups is 1. The first kappa shape index (κ1) is 23.2. The Kier molecular flexibility index (Phi) is 13.7. The Hall–Kier alpha value is -0.0900. The normalized spacial score (nSPS) is 12.4. The second-order valence-electron chi connectivity index (χ2n) is 5.01. The minimum absolute atomic E-state index is 0. The highest BCUT2D eigenvalue weighted by Crippen LogP contribution is 1.99. The van der Waals surface area contributed by atoms with Crippen molar-refractivity contribution in [3.63, 3.8) is 0 Å². The molecule has 0 aromatic heterocycles. The van der Waals surface area contributed by atoms with Gasteiger partial charge in [0.2, 0.25) is 10.0 Å². The van der Waals surface area contributed by atoms with E-state index in [1.54, 1.807) is 7.05 Å². The number of hydrogen-bond acceptors (Lipinski definition) is 3. The largest absolute Gasteiger partial charge is 0.356 e. The lowest BCUT2D eigenvalue weighted by Gasteiger charge is -2.19. The zero-order chi connectivity index (χ0) is 15.6. The minimum atomic E-state index is -3.17. The Morgan fingerprint density at radius 3 is 2.10 bits per heavy atom. The van der Waals surface area contributed by atoms with E-state index in [4.69, 9.17) is 0 Å². The molecular formula is C13H31IN4O2S. The molecule has 0 bridgehead atoms. The Morgan fingerprint density at radius 2 is 1.67 bits per heavy atom. The number of halogens is 1. The second kappa shape index (κ2) is 12.5. The molecule has 128 valence electrons. The molecule has 0 radical (unpaired) electrons. The van der Waals surface area contributed by atoms with E-state index in [2.05, 4.69) is 29.5 Å². The molecule has 0 rings (SSSR count). The van der Waals surface area contributed by atoms with Gasteiger partial charge in [-0.15, -0.1) is 24.0 Å². The molecular weight excluding hydrogens is 403 g/mol. The van der Waals surface area contributed by atoms with Crippen LogP contribution in [0.5, 0.6) is 0 Å². The van der Waals surface area contributed by atoms with Crippen molar-refractivity contribution in [2.45, 2.75) is 34.1 Å². The number of rotatable bonds is 9. The van der Waals surface area contributed by atoms with Gasteiger partial charge in [-0.2, -0.15) is 0 Å². The average molecular weight is 434 g/mol. The molecule has 0 saturated heterocycles. The maximum Gasteiger partial charge on any atom is 0.215 e. The summed E-state index contributed by atoms with van der Waals surface area (Å²) in [6.45, 7) is 10.2. The highest BCUT2D eigenvalue weighted by molar-refractivity contribution is 14.0. The fourth-order valence-electron chi connectivity index (χ4n) is 1.74. The topological polar surface area (TPSA) is 73.8 Å². The lowest BCUT2D eigenvalue weighted by atomic mass is 10.1. The Morgan fingerprint density at radius 1 is 1.14 bits per heavy atom. The molecule has 0 amide bonds. The SMILES string of the molecule is CCN(CC)S(=O)(=O)CCNC(=NC)NCCC(C)C.I. The average Bonchev–Trinajstić information content (AvgIpc) is 2.37. The van der Waals surface area contributed by atoms with Gasteiger partial charge in [-0.1, -0.05) is 27.7 Å². The molecule has 0 aromatic rings. The number of aliphatic imine (C=N–C) groups is 1. The number of hydrogen-bond donors (Lipinski definition) is 2. The van der Waals surface area contributed by atoms with Crippen molar-refractivity contribution >= 4 is 40.0 Å². The van der Waals surface area contributed by atoms with Gasteiger partial charge in [0.25, 0.3) is 0 Å². The van der Waals surface area contributed by atoms with Gasteiger partial charge in [-0.3, -0.25) is 4.99 Å². The summed E-state index contributed by atoms with van der Waals surface area (Å²) in [6, 6.07) is 0. The molecule has 21 heavy (non-hydrogen) atoms. The van der Waals surface area contributed by atoms with Crippen molar-refractivity contribution in [2.24, 2.45) is 10.9 Å². The molecule has 0 aliphatic rings. The molecule has 8 heteroatoms. The van der Waals surface area contributed by atoms with Crippen LogP contribution < -0.4 is 10.6 Å². The first-order valence-corrected chi connectivity index (χ1v) is 8.90. The van der Waals surface area contributed by atoms with E-state index in [0.717, 1.165) is 13.0 Å². The molecule has 0 unspecified atom stereocenters. The molecule has 0 aliphatic heterocycles. The third-order valence-electron chi connectivity index (χ3n) is 2.99. The highest BCUT2D eigenvalue weighted by Gasteiger charge is 2.18. The summed E-state index contributed by atoms with van der Waals surface area (Å²) in [6.07, 6.45) is 1.05. The summed E-state index contributed by atoms with van der Waals surface area (Å²) in [5.74, 6) is 1.36. The van der Waals surface area contributed by atoms with Crippen molar-refractivity contribution in [3.05, 3.63) is 0 Å². The van der Waals surface area contributed by atoms with E-state index >= 15 is 0 Å². The van der Waals surface area contributed by atoms with Gasteiger partial charge >= 0.3 is 0 Å². The maximum absolute atomic E-state index is 12.0. The van der Waals surface area contributed by atoms with Crippen molar-refractivity contribution in [1.82, 2.24) is 14.9 Å². The summed E-state index contributed by atoms with van der Waals surface area (Å²) < 4.78 is 25.5. The predicted octanol–water partition coefficient (Wildman–Crippen LogP) is 1.49. The number of nitrogens with zero attached hydrogens (tertiary/aromatic N) is 2. The summed E-state index contributed by atoms with van der Waals surface area (Å²) in [5, 5.41) is 6.21. The Labute approximate surface area is 147 Å². The van der Waals surface area contributed by atoms with Crippen LogP contribution in [0.4, 0.5) is 0 Å². The van der Waals surface area contributed by atoms with Gasteiger partial charge in [-0.25, -0.2) is 12.7 Å². The number of sulfonamides is 1. The zero-order valence-electron chi connectivity index (χ0n) is 13.8. The smallest absolute Gasteiger partial charge is 0.215 e. The summed E-state index contributed by atoms with van der Waals surface area (Å²) in [5.41, 5.74) is 0. The van der Waals surface area contributed by atoms with Crippen LogP contribution in [-0.4, -0.2) is 57.7 Å². The fourth-order valence-corrected chi connectivity index (χ4v) is 3.15. The van der Waals surface area contributed by atoms with Crippen LogP contribution in [-0.2, 0) is 10.0 Å². The van der Waals surface area contributed by atoms with Gasteiger partial charge < -0.3 is 10.6 Å². The van der Waals surface area contributed by atoms with Crippen LogP contribution >= 0.6 is 24.0 Å². The van der Waals surface area contributed by atoms with E-state index in [-0.39, 0.29) is 29.7 Å². The second-order valence-corrected chi connectivity index (χ2v) is 7.10. The zero-order valence-corrected chi connectivity index (χ0v) is 17.0. The van der Waals surface area contributed by atoms with Gasteiger partial charge in [0, 0.05) is 33.2 Å². The van der Waals surface area contributed by atoms with Crippen molar-refractivity contribution in [2.75, 3.05) is 39.0 Å². The van der Waals surface area contributed by atoms with Crippen LogP contribution in [0.25, 0.3) is 0 Å². The molecule has 0 aliphatic carbocycles. The highest BCUT2D eigenvalue weighted by atomic mass is 127. The first-order valence-electron chi connectivity index (χ1n) is 7.29. The van der Waals surface area contributed by atoms with Crippen molar-refractivity contribution in [3.8, 4) is 0 Å². The maximum atomic E-state index is 12.0. The Balaban J connectivity index is 0. The first-order chi connectivity index (χ1) is 9.37.